The molecule has 0 heterocycles. The van der Waals surface area contributed by atoms with Crippen molar-refractivity contribution in [2.45, 2.75) is 25.0 Å². The number of halogens is 2. The molecule has 1 aromatic rings. The van der Waals surface area contributed by atoms with Gasteiger partial charge in [-0.15, -0.1) is 0 Å². The van der Waals surface area contributed by atoms with Crippen molar-refractivity contribution in [3.63, 3.8) is 0 Å². The van der Waals surface area contributed by atoms with E-state index in [-0.39, 0.29) is 24.5 Å². The minimum atomic E-state index is -0.579. The van der Waals surface area contributed by atoms with E-state index in [1.54, 1.807) is 12.1 Å². The first-order valence-corrected chi connectivity index (χ1v) is 6.81. The lowest BCUT2D eigenvalue weighted by molar-refractivity contribution is 0.0903. The number of nitrogens with one attached hydrogen (secondary N) is 1. The Balaban J connectivity index is 2.04. The van der Waals surface area contributed by atoms with Gasteiger partial charge in [0.05, 0.1) is 16.7 Å². The van der Waals surface area contributed by atoms with Crippen LogP contribution in [0.2, 0.25) is 10.0 Å². The summed E-state index contributed by atoms with van der Waals surface area (Å²) < 4.78 is 0. The van der Waals surface area contributed by atoms with Gasteiger partial charge in [0, 0.05) is 23.6 Å². The van der Waals surface area contributed by atoms with Gasteiger partial charge in [-0.05, 0) is 31.0 Å². The summed E-state index contributed by atoms with van der Waals surface area (Å²) in [7, 11) is 0. The standard InChI is InChI=1S/C13H15Cl2NO3/c14-8-1-2-11(15)10(4-8)13(19)16-9-3-7(6-17)12(18)5-9/h1-2,4,7,9,12,17-18H,3,5-6H2,(H,16,19)/t7-,9+,12+/m1/s1. The van der Waals surface area contributed by atoms with Crippen molar-refractivity contribution in [3.8, 4) is 0 Å². The average Bonchev–Trinajstić information content (AvgIpc) is 2.72. The van der Waals surface area contributed by atoms with Crippen LogP contribution in [0.25, 0.3) is 0 Å². The summed E-state index contributed by atoms with van der Waals surface area (Å²) >= 11 is 11.8. The van der Waals surface area contributed by atoms with E-state index >= 15 is 0 Å². The molecule has 104 valence electrons. The number of carbonyl (C=O) groups excluding carboxylic acids is 1. The minimum absolute atomic E-state index is 0.0779. The number of carbonyl (C=O) groups is 1. The second-order valence-corrected chi connectivity index (χ2v) is 5.62. The Hall–Kier alpha value is -0.810. The van der Waals surface area contributed by atoms with Crippen LogP contribution in [0, 0.1) is 5.92 Å². The lowest BCUT2D eigenvalue weighted by Crippen LogP contribution is -2.33. The van der Waals surface area contributed by atoms with Gasteiger partial charge in [0.25, 0.3) is 5.91 Å². The van der Waals surface area contributed by atoms with E-state index in [4.69, 9.17) is 28.3 Å². The fourth-order valence-corrected chi connectivity index (χ4v) is 2.73. The van der Waals surface area contributed by atoms with Crippen LogP contribution in [0.5, 0.6) is 0 Å². The molecule has 2 rings (SSSR count). The van der Waals surface area contributed by atoms with Gasteiger partial charge in [-0.3, -0.25) is 4.79 Å². The first kappa shape index (κ1) is 14.6. The summed E-state index contributed by atoms with van der Waals surface area (Å²) in [5.41, 5.74) is 0.316. The normalized spacial score (nSPS) is 26.4. The van der Waals surface area contributed by atoms with E-state index in [2.05, 4.69) is 5.32 Å². The second-order valence-electron chi connectivity index (χ2n) is 4.78. The fourth-order valence-electron chi connectivity index (χ4n) is 2.35. The minimum Gasteiger partial charge on any atom is -0.396 e. The van der Waals surface area contributed by atoms with Crippen LogP contribution in [0.15, 0.2) is 18.2 Å². The van der Waals surface area contributed by atoms with E-state index in [1.165, 1.54) is 6.07 Å². The van der Waals surface area contributed by atoms with Gasteiger partial charge in [0.1, 0.15) is 0 Å². The molecule has 1 aromatic carbocycles. The zero-order valence-electron chi connectivity index (χ0n) is 10.1. The predicted octanol–water partition coefficient (Wildman–Crippen LogP) is 1.85. The van der Waals surface area contributed by atoms with Gasteiger partial charge in [-0.2, -0.15) is 0 Å². The summed E-state index contributed by atoms with van der Waals surface area (Å²) in [6.07, 6.45) is 0.418. The van der Waals surface area contributed by atoms with Gasteiger partial charge in [-0.25, -0.2) is 0 Å². The molecule has 1 aliphatic carbocycles. The highest BCUT2D eigenvalue weighted by Crippen LogP contribution is 2.27. The van der Waals surface area contributed by atoms with Crippen molar-refractivity contribution in [2.24, 2.45) is 5.92 Å². The lowest BCUT2D eigenvalue weighted by atomic mass is 10.1. The molecule has 0 unspecified atom stereocenters. The van der Waals surface area contributed by atoms with Crippen LogP contribution in [0.3, 0.4) is 0 Å². The van der Waals surface area contributed by atoms with Crippen molar-refractivity contribution in [2.75, 3.05) is 6.61 Å². The maximum atomic E-state index is 12.1. The zero-order valence-corrected chi connectivity index (χ0v) is 11.7. The summed E-state index contributed by atoms with van der Waals surface area (Å²) in [4.78, 5) is 12.1. The van der Waals surface area contributed by atoms with Gasteiger partial charge < -0.3 is 15.5 Å². The Morgan fingerprint density at radius 1 is 1.37 bits per heavy atom. The largest absolute Gasteiger partial charge is 0.396 e. The van der Waals surface area contributed by atoms with E-state index < -0.39 is 6.10 Å². The van der Waals surface area contributed by atoms with E-state index in [0.717, 1.165) is 0 Å². The van der Waals surface area contributed by atoms with Crippen molar-refractivity contribution < 1.29 is 15.0 Å². The summed E-state index contributed by atoms with van der Waals surface area (Å²) in [6, 6.07) is 4.53. The number of aliphatic hydroxyl groups is 2. The molecule has 19 heavy (non-hydrogen) atoms. The average molecular weight is 304 g/mol. The molecule has 1 fully saturated rings. The summed E-state index contributed by atoms with van der Waals surface area (Å²) in [5, 5.41) is 22.3. The first-order valence-electron chi connectivity index (χ1n) is 6.06. The first-order chi connectivity index (χ1) is 9.01. The Morgan fingerprint density at radius 3 is 2.74 bits per heavy atom. The third-order valence-electron chi connectivity index (χ3n) is 3.40. The fraction of sp³-hybridized carbons (Fsp3) is 0.462. The van der Waals surface area contributed by atoms with Crippen molar-refractivity contribution in [1.29, 1.82) is 0 Å². The molecule has 3 N–H and O–H groups in total. The summed E-state index contributed by atoms with van der Waals surface area (Å²) in [5.74, 6) is -0.497. The van der Waals surface area contributed by atoms with Gasteiger partial charge >= 0.3 is 0 Å². The Kier molecular flexibility index (Phi) is 4.68. The molecule has 3 atom stereocenters. The number of hydrogen-bond acceptors (Lipinski definition) is 3. The third kappa shape index (κ3) is 3.39. The molecular weight excluding hydrogens is 289 g/mol. The van der Waals surface area contributed by atoms with Crippen LogP contribution in [0.1, 0.15) is 23.2 Å². The number of hydrogen-bond donors (Lipinski definition) is 3. The smallest absolute Gasteiger partial charge is 0.253 e. The topological polar surface area (TPSA) is 69.6 Å². The number of benzene rings is 1. The third-order valence-corrected chi connectivity index (χ3v) is 3.96. The maximum Gasteiger partial charge on any atom is 0.253 e. The number of rotatable bonds is 3. The molecule has 1 saturated carbocycles. The van der Waals surface area contributed by atoms with Crippen LogP contribution < -0.4 is 5.32 Å². The molecule has 0 aliphatic heterocycles. The van der Waals surface area contributed by atoms with Crippen LogP contribution in [-0.2, 0) is 0 Å². The van der Waals surface area contributed by atoms with Crippen LogP contribution in [0.4, 0.5) is 0 Å². The van der Waals surface area contributed by atoms with Gasteiger partial charge in [0.2, 0.25) is 0 Å². The molecule has 0 spiro atoms. The molecule has 4 nitrogen and oxygen atoms in total. The van der Waals surface area contributed by atoms with E-state index in [1.807, 2.05) is 0 Å². The van der Waals surface area contributed by atoms with E-state index in [0.29, 0.717) is 28.5 Å². The highest BCUT2D eigenvalue weighted by atomic mass is 35.5. The van der Waals surface area contributed by atoms with Crippen LogP contribution in [-0.4, -0.2) is 34.9 Å². The molecule has 0 bridgehead atoms. The Bertz CT molecular complexity index is 481. The lowest BCUT2D eigenvalue weighted by Gasteiger charge is -2.13. The molecule has 1 amide bonds. The predicted molar refractivity (Wildman–Crippen MR) is 73.5 cm³/mol. The van der Waals surface area contributed by atoms with Crippen molar-refractivity contribution in [3.05, 3.63) is 33.8 Å². The SMILES string of the molecule is O=C(N[C@H]1C[C@H](CO)[C@@H](O)C1)c1cc(Cl)ccc1Cl. The quantitative estimate of drug-likeness (QED) is 0.798. The molecule has 0 saturated heterocycles. The molecule has 0 aromatic heterocycles. The highest BCUT2D eigenvalue weighted by Gasteiger charge is 2.33. The Morgan fingerprint density at radius 2 is 2.11 bits per heavy atom. The monoisotopic (exact) mass is 303 g/mol. The number of aliphatic hydroxyl groups excluding tert-OH is 2. The molecule has 1 aliphatic rings. The molecule has 0 radical (unpaired) electrons. The van der Waals surface area contributed by atoms with Gasteiger partial charge in [-0.1, -0.05) is 23.2 Å². The van der Waals surface area contributed by atoms with Crippen LogP contribution >= 0.6 is 23.2 Å². The van der Waals surface area contributed by atoms with Gasteiger partial charge in [0.15, 0.2) is 0 Å². The van der Waals surface area contributed by atoms with Crippen molar-refractivity contribution in [1.82, 2.24) is 5.32 Å². The van der Waals surface area contributed by atoms with E-state index in [9.17, 15) is 9.90 Å². The molecule has 6 heteroatoms. The second kappa shape index (κ2) is 6.09. The maximum absolute atomic E-state index is 12.1. The number of amides is 1. The molecular formula is C13H15Cl2NO3. The Labute approximate surface area is 121 Å². The highest BCUT2D eigenvalue weighted by molar-refractivity contribution is 6.35. The van der Waals surface area contributed by atoms with Crippen molar-refractivity contribution >= 4 is 29.1 Å². The summed E-state index contributed by atoms with van der Waals surface area (Å²) in [6.45, 7) is -0.0779. The zero-order chi connectivity index (χ0) is 14.0.